The van der Waals surface area contributed by atoms with E-state index in [0.717, 1.165) is 0 Å². The Morgan fingerprint density at radius 1 is 0.313 bits per heavy atom. The molecule has 131 heavy (non-hydrogen) atoms. The van der Waals surface area contributed by atoms with Gasteiger partial charge in [-0.25, -0.2) is 19.2 Å². The second kappa shape index (κ2) is 56.1. The van der Waals surface area contributed by atoms with Crippen LogP contribution in [-0.2, 0) is 91.0 Å². The predicted octanol–water partition coefficient (Wildman–Crippen LogP) is 23.4. The summed E-state index contributed by atoms with van der Waals surface area (Å²) >= 11 is 0. The molecule has 0 spiro atoms. The van der Waals surface area contributed by atoms with Crippen LogP contribution in [0.2, 0.25) is 0 Å². The summed E-state index contributed by atoms with van der Waals surface area (Å²) in [7, 11) is -5.75. The van der Waals surface area contributed by atoms with Crippen LogP contribution in [-0.4, -0.2) is 117 Å². The molecule has 0 fully saturated rings. The number of pyridine rings is 2. The van der Waals surface area contributed by atoms with E-state index < -0.39 is 186 Å². The minimum atomic E-state index is -5.14. The van der Waals surface area contributed by atoms with Crippen molar-refractivity contribution in [2.45, 2.75) is 234 Å². The van der Waals surface area contributed by atoms with Crippen LogP contribution in [0.3, 0.4) is 0 Å². The van der Waals surface area contributed by atoms with Crippen LogP contribution < -0.4 is 52.3 Å². The smallest absolute Gasteiger partial charge is 0.416 e. The van der Waals surface area contributed by atoms with E-state index >= 15 is 0 Å². The highest BCUT2D eigenvalue weighted by atomic mass is 32.2. The zero-order valence-electron chi connectivity index (χ0n) is 73.6. The Kier molecular flexibility index (Phi) is 51.3. The van der Waals surface area contributed by atoms with E-state index in [4.69, 9.17) is 19.2 Å². The van der Waals surface area contributed by atoms with Gasteiger partial charge >= 0.3 is 73.5 Å². The number of rotatable bonds is 36. The number of hydrogen-bond acceptors (Lipinski definition) is 10. The SMILES string of the molecule is CCCC[N+](CCCC)(CCCC)CCCC.CCCC[N+](CCCC)(CCCC)CCCC.CS(C)=O.O=C(NCc1cccc(CNC(=O)Nc2cc(C(F)(F)F)cc(C(F)(F)F)c2)n1)Nc1cc(C(F)(F)F)cc(C(F)(F)F)c1.O=C(NCc1cccc(CNC(=O)Nc2cc(C(F)(F)F)cc(C(F)(F)F)c2)n1)Nc1cc(C(F)(F)F)cc(C(F)(F)F)c1.O=P([O-])([O-])O. The molecule has 0 saturated heterocycles. The standard InChI is InChI=1S/2C25H17F12N5O2.2C16H36N.C2H6OS.H3O4P/c2*26-22(27,28)12-4-13(23(29,30)31)7-18(6-12)41-20(43)38-10-16-2-1-3-17(40-16)11-39-21(44)42-19-8-14(24(32,33)34)5-15(9-19)25(35,36)37;2*1-5-9-13-17(14-10-6-2,15-11-7-3)16-12-8-4;1-4(2)3;1-5(2,3)4/h2*1-9H,10-11H2,(H2,38,41,43)(H2,39,42,44);2*5-16H2,1-4H3;1-2H3;(H3,1,2,3,4)/q;;2*+1;;/p-2. The topological polar surface area (TPSA) is 291 Å². The maximum Gasteiger partial charge on any atom is 0.416 e. The average molecular weight is 1950 g/mol. The highest BCUT2D eigenvalue weighted by molar-refractivity contribution is 7.83. The van der Waals surface area contributed by atoms with Gasteiger partial charge < -0.3 is 70.7 Å². The number of halogens is 24. The molecule has 2 heterocycles. The first-order valence-corrected chi connectivity index (χ1v) is 44.9. The van der Waals surface area contributed by atoms with Crippen LogP contribution in [0.1, 0.15) is 225 Å². The number of unbranched alkanes of at least 4 members (excludes halogenated alkanes) is 8. The first kappa shape index (κ1) is 120. The lowest BCUT2D eigenvalue weighted by atomic mass is 10.1. The van der Waals surface area contributed by atoms with Gasteiger partial charge in [-0.15, -0.1) is 0 Å². The number of nitrogens with zero attached hydrogens (tertiary/aromatic N) is 4. The van der Waals surface area contributed by atoms with Crippen molar-refractivity contribution in [1.82, 2.24) is 31.2 Å². The second-order valence-corrected chi connectivity index (χ2v) is 32.6. The Hall–Kier alpha value is -9.24. The molecule has 0 aliphatic carbocycles. The molecule has 0 aliphatic heterocycles. The van der Waals surface area contributed by atoms with E-state index in [1.165, 1.54) is 200 Å². The van der Waals surface area contributed by atoms with Crippen molar-refractivity contribution in [2.75, 3.05) is 86.1 Å². The van der Waals surface area contributed by atoms with E-state index in [2.05, 4.69) is 86.6 Å². The lowest BCUT2D eigenvalue weighted by Crippen LogP contribution is -2.50. The summed E-state index contributed by atoms with van der Waals surface area (Å²) in [5, 5.41) is 16.1. The number of alkyl halides is 24. The lowest BCUT2D eigenvalue weighted by Gasteiger charge is -2.39. The molecule has 9 N–H and O–H groups in total. The maximum atomic E-state index is 13.0. The lowest BCUT2D eigenvalue weighted by molar-refractivity contribution is -0.929. The largest absolute Gasteiger partial charge is 0.790 e. The van der Waals surface area contributed by atoms with Gasteiger partial charge in [-0.05, 0) is 148 Å². The fourth-order valence-electron chi connectivity index (χ4n) is 12.2. The van der Waals surface area contributed by atoms with Crippen LogP contribution in [0.15, 0.2) is 109 Å². The van der Waals surface area contributed by atoms with E-state index in [1.807, 2.05) is 21.3 Å². The first-order chi connectivity index (χ1) is 60.4. The van der Waals surface area contributed by atoms with Crippen molar-refractivity contribution in [3.05, 3.63) is 176 Å². The van der Waals surface area contributed by atoms with Gasteiger partial charge in [-0.3, -0.25) is 14.2 Å². The van der Waals surface area contributed by atoms with Crippen molar-refractivity contribution in [1.29, 1.82) is 0 Å². The fourth-order valence-corrected chi connectivity index (χ4v) is 12.2. The van der Waals surface area contributed by atoms with E-state index in [1.54, 1.807) is 12.5 Å². The molecule has 0 aliphatic rings. The zero-order valence-corrected chi connectivity index (χ0v) is 75.3. The molecule has 0 unspecified atom stereocenters. The van der Waals surface area contributed by atoms with Crippen molar-refractivity contribution in [2.24, 2.45) is 0 Å². The van der Waals surface area contributed by atoms with E-state index in [0.29, 0.717) is 48.5 Å². The summed E-state index contributed by atoms with van der Waals surface area (Å²) < 4.78 is 333. The monoisotopic (exact) mass is 1950 g/mol. The molecule has 47 heteroatoms. The Morgan fingerprint density at radius 3 is 0.557 bits per heavy atom. The van der Waals surface area contributed by atoms with Gasteiger partial charge in [0.2, 0.25) is 0 Å². The van der Waals surface area contributed by atoms with E-state index in [-0.39, 0.29) is 47.0 Å². The summed E-state index contributed by atoms with van der Waals surface area (Å²) in [6.07, 6.45) is -15.7. The molecule has 8 amide bonds. The summed E-state index contributed by atoms with van der Waals surface area (Å²) in [5.41, 5.74) is -16.0. The van der Waals surface area contributed by atoms with Crippen molar-refractivity contribution in [3.63, 3.8) is 0 Å². The number of urea groups is 4. The van der Waals surface area contributed by atoms with Crippen molar-refractivity contribution in [3.8, 4) is 0 Å². The molecule has 742 valence electrons. The Labute approximate surface area is 747 Å². The van der Waals surface area contributed by atoms with E-state index in [9.17, 15) is 129 Å². The van der Waals surface area contributed by atoms with Crippen molar-refractivity contribution < 1.29 is 157 Å². The third kappa shape index (κ3) is 51.0. The molecule has 4 aromatic carbocycles. The summed E-state index contributed by atoms with van der Waals surface area (Å²) in [4.78, 5) is 80.9. The number of carbonyl (C=O) groups is 4. The van der Waals surface area contributed by atoms with Gasteiger partial charge in [0.25, 0.3) is 0 Å². The minimum absolute atomic E-state index is 0.0904. The van der Waals surface area contributed by atoms with Gasteiger partial charge in [0.05, 0.1) is 154 Å². The van der Waals surface area contributed by atoms with Gasteiger partial charge in [0.1, 0.15) is 0 Å². The molecule has 2 aromatic heterocycles. The quantitative estimate of drug-likeness (QED) is 0.0101. The Balaban J connectivity index is 0.000000913. The predicted molar refractivity (Wildman–Crippen MR) is 446 cm³/mol. The normalized spacial score (nSPS) is 12.2. The summed E-state index contributed by atoms with van der Waals surface area (Å²) in [5.74, 6) is 0. The fraction of sp³-hybridized carbons (Fsp3) is 0.548. The second-order valence-electron chi connectivity index (χ2n) is 30.2. The van der Waals surface area contributed by atoms with Gasteiger partial charge in [-0.1, -0.05) is 119 Å². The summed E-state index contributed by atoms with van der Waals surface area (Å²) in [6, 6.07) is 5.28. The van der Waals surface area contributed by atoms with Gasteiger partial charge in [-0.2, -0.15) is 105 Å². The first-order valence-electron chi connectivity index (χ1n) is 41.4. The van der Waals surface area contributed by atoms with Crippen LogP contribution in [0.5, 0.6) is 0 Å². The van der Waals surface area contributed by atoms with Crippen LogP contribution in [0.25, 0.3) is 0 Å². The highest BCUT2D eigenvalue weighted by Gasteiger charge is 2.42. The highest BCUT2D eigenvalue weighted by Crippen LogP contribution is 2.42. The number of nitrogens with one attached hydrogen (secondary N) is 8. The molecule has 6 rings (SSSR count). The van der Waals surface area contributed by atoms with Crippen LogP contribution >= 0.6 is 7.82 Å². The maximum absolute atomic E-state index is 13.0. The number of aromatic nitrogens is 2. The van der Waals surface area contributed by atoms with Gasteiger partial charge in [0, 0.05) is 46.1 Å². The number of carbonyl (C=O) groups excluding carboxylic acids is 4. The van der Waals surface area contributed by atoms with Crippen LogP contribution in [0.4, 0.5) is 147 Å². The molecule has 0 atom stereocenters. The average Bonchev–Trinajstić information content (AvgIpc) is 0.816. The van der Waals surface area contributed by atoms with Crippen molar-refractivity contribution >= 4 is 65.5 Å². The third-order valence-electron chi connectivity index (χ3n) is 18.7. The number of amides is 8. The Bertz CT molecular complexity index is 3810. The number of benzene rings is 4. The van der Waals surface area contributed by atoms with Gasteiger partial charge in [0.15, 0.2) is 0 Å². The number of anilines is 4. The molecule has 0 saturated carbocycles. The number of quaternary nitrogens is 2. The third-order valence-corrected chi connectivity index (χ3v) is 18.7. The summed E-state index contributed by atoms with van der Waals surface area (Å²) in [6.45, 7) is 28.4. The molecule has 0 bridgehead atoms. The zero-order chi connectivity index (χ0) is 100. The minimum Gasteiger partial charge on any atom is -0.790 e. The molecular formula is C84H113F24N12O9PS. The molecule has 6 aromatic rings. The van der Waals surface area contributed by atoms with Crippen LogP contribution in [0, 0.1) is 0 Å². The molecule has 0 radical (unpaired) electrons. The molecule has 21 nitrogen and oxygen atoms in total. The Morgan fingerprint density at radius 2 is 0.443 bits per heavy atom. The number of hydrogen-bond donors (Lipinski definition) is 9. The number of phosphoric acid groups is 1. The molecular weight excluding hydrogens is 1840 g/mol.